The first kappa shape index (κ1) is 25.9. The Hall–Kier alpha value is -2.34. The number of rotatable bonds is 5. The predicted octanol–water partition coefficient (Wildman–Crippen LogP) is 8.72. The highest BCUT2D eigenvalue weighted by Gasteiger charge is 2.07. The molecule has 0 atom stereocenters. The van der Waals surface area contributed by atoms with Crippen molar-refractivity contribution < 1.29 is 0 Å². The third kappa shape index (κ3) is 8.67. The molecule has 1 aromatic carbocycles. The molecule has 0 nitrogen and oxygen atoms in total. The lowest BCUT2D eigenvalue weighted by Crippen LogP contribution is -1.92. The van der Waals surface area contributed by atoms with Crippen LogP contribution in [0.5, 0.6) is 0 Å². The second kappa shape index (κ2) is 15.0. The van der Waals surface area contributed by atoms with Gasteiger partial charge in [-0.05, 0) is 43.4 Å². The van der Waals surface area contributed by atoms with Crippen molar-refractivity contribution in [2.45, 2.75) is 55.4 Å². The van der Waals surface area contributed by atoms with E-state index in [-0.39, 0.29) is 14.9 Å². The molecule has 0 spiro atoms. The van der Waals surface area contributed by atoms with Crippen molar-refractivity contribution in [2.75, 3.05) is 0 Å². The van der Waals surface area contributed by atoms with Crippen LogP contribution in [0.25, 0.3) is 5.57 Å². The maximum absolute atomic E-state index is 3.79. The van der Waals surface area contributed by atoms with Gasteiger partial charge in [0.25, 0.3) is 0 Å². The smallest absolute Gasteiger partial charge is 0.0112 e. The van der Waals surface area contributed by atoms with Crippen LogP contribution in [-0.2, 0) is 0 Å². The van der Waals surface area contributed by atoms with Gasteiger partial charge < -0.3 is 0 Å². The lowest BCUT2D eigenvalue weighted by Gasteiger charge is -2.13. The maximum Gasteiger partial charge on any atom is -0.0112 e. The van der Waals surface area contributed by atoms with Crippen LogP contribution in [0.2, 0.25) is 0 Å². The second-order valence-electron chi connectivity index (χ2n) is 5.59. The summed E-state index contributed by atoms with van der Waals surface area (Å²) in [5.74, 6) is 0. The molecule has 0 heteroatoms. The third-order valence-electron chi connectivity index (χ3n) is 3.69. The summed E-state index contributed by atoms with van der Waals surface area (Å²) < 4.78 is 0. The maximum atomic E-state index is 3.79. The first-order valence-electron chi connectivity index (χ1n) is 8.82. The van der Waals surface area contributed by atoms with Crippen molar-refractivity contribution in [3.05, 3.63) is 102 Å². The van der Waals surface area contributed by atoms with Gasteiger partial charge in [-0.3, -0.25) is 0 Å². The van der Waals surface area contributed by atoms with Gasteiger partial charge in [-0.1, -0.05) is 119 Å². The molecule has 0 N–H and O–H groups in total. The first-order valence-corrected chi connectivity index (χ1v) is 8.82. The lowest BCUT2D eigenvalue weighted by atomic mass is 9.92. The first-order chi connectivity index (χ1) is 11.7. The third-order valence-corrected chi connectivity index (χ3v) is 3.69. The van der Waals surface area contributed by atoms with E-state index in [1.165, 1.54) is 27.9 Å². The minimum Gasteiger partial charge on any atom is -0.0988 e. The van der Waals surface area contributed by atoms with Crippen molar-refractivity contribution in [2.24, 2.45) is 0 Å². The standard InChI is InChI=1S/C22H24.C2H6.2CH4/c1-4-18(2)15-16-19(3)17-22(20-11-7-5-8-12-20)21-13-9-6-10-14-21;1-2;;/h4-5,7-9,11-17H,1,6,10H2,2-3H3;1-2H3;2*1H4/b18-15-,19-16+,22-17-;;;. The molecule has 0 amide bonds. The van der Waals surface area contributed by atoms with E-state index >= 15 is 0 Å². The molecule has 0 bridgehead atoms. The molecule has 0 unspecified atom stereocenters. The SMILES string of the molecule is C.C.C=C\C(C)=C/C=C(C)/C=C(\C1=CCCC=C1)c1ccccc1.CC. The quantitative estimate of drug-likeness (QED) is 0.466. The van der Waals surface area contributed by atoms with Gasteiger partial charge in [0.05, 0.1) is 0 Å². The minimum atomic E-state index is 0. The Morgan fingerprint density at radius 2 is 1.54 bits per heavy atom. The van der Waals surface area contributed by atoms with Crippen molar-refractivity contribution >= 4 is 5.57 Å². The molecule has 0 aliphatic heterocycles. The van der Waals surface area contributed by atoms with E-state index in [2.05, 4.69) is 87.2 Å². The molecule has 26 heavy (non-hydrogen) atoms. The Labute approximate surface area is 163 Å². The van der Waals surface area contributed by atoms with Gasteiger partial charge in [0.1, 0.15) is 0 Å². The number of hydrogen-bond donors (Lipinski definition) is 0. The van der Waals surface area contributed by atoms with Gasteiger partial charge in [-0.2, -0.15) is 0 Å². The van der Waals surface area contributed by atoms with Crippen LogP contribution in [0, 0.1) is 0 Å². The topological polar surface area (TPSA) is 0 Å². The predicted molar refractivity (Wildman–Crippen MR) is 123 cm³/mol. The highest BCUT2D eigenvalue weighted by molar-refractivity contribution is 5.83. The summed E-state index contributed by atoms with van der Waals surface area (Å²) in [7, 11) is 0. The van der Waals surface area contributed by atoms with E-state index < -0.39 is 0 Å². The van der Waals surface area contributed by atoms with Crippen molar-refractivity contribution in [3.63, 3.8) is 0 Å². The average molecular weight is 351 g/mol. The molecule has 0 aromatic heterocycles. The Morgan fingerprint density at radius 3 is 2.08 bits per heavy atom. The summed E-state index contributed by atoms with van der Waals surface area (Å²) in [6.45, 7) is 12.0. The van der Waals surface area contributed by atoms with Crippen LogP contribution >= 0.6 is 0 Å². The number of hydrogen-bond acceptors (Lipinski definition) is 0. The Balaban J connectivity index is 0. The summed E-state index contributed by atoms with van der Waals surface area (Å²) >= 11 is 0. The lowest BCUT2D eigenvalue weighted by molar-refractivity contribution is 1.03. The zero-order valence-corrected chi connectivity index (χ0v) is 15.5. The summed E-state index contributed by atoms with van der Waals surface area (Å²) in [6.07, 6.45) is 17.5. The molecule has 0 saturated heterocycles. The molecule has 0 radical (unpaired) electrons. The molecule has 0 saturated carbocycles. The van der Waals surface area contributed by atoms with Gasteiger partial charge in [-0.25, -0.2) is 0 Å². The van der Waals surface area contributed by atoms with Gasteiger partial charge in [0.15, 0.2) is 0 Å². The minimum absolute atomic E-state index is 0. The van der Waals surface area contributed by atoms with E-state index in [1.54, 1.807) is 0 Å². The molecule has 0 fully saturated rings. The van der Waals surface area contributed by atoms with E-state index in [9.17, 15) is 0 Å². The second-order valence-corrected chi connectivity index (χ2v) is 5.59. The van der Waals surface area contributed by atoms with Crippen LogP contribution in [0.15, 0.2) is 96.2 Å². The summed E-state index contributed by atoms with van der Waals surface area (Å²) in [4.78, 5) is 0. The molecule has 2 rings (SSSR count). The van der Waals surface area contributed by atoms with Crippen molar-refractivity contribution in [1.29, 1.82) is 0 Å². The Kier molecular flexibility index (Phi) is 14.9. The monoisotopic (exact) mass is 350 g/mol. The fourth-order valence-corrected chi connectivity index (χ4v) is 2.37. The van der Waals surface area contributed by atoms with Crippen LogP contribution < -0.4 is 0 Å². The van der Waals surface area contributed by atoms with E-state index in [0.717, 1.165) is 12.8 Å². The van der Waals surface area contributed by atoms with E-state index in [4.69, 9.17) is 0 Å². The molecule has 0 heterocycles. The molecule has 1 aliphatic rings. The molecule has 1 aromatic rings. The highest BCUT2D eigenvalue weighted by Crippen LogP contribution is 2.28. The zero-order valence-electron chi connectivity index (χ0n) is 15.5. The van der Waals surface area contributed by atoms with Crippen molar-refractivity contribution in [1.82, 2.24) is 0 Å². The molecular formula is C26H38. The van der Waals surface area contributed by atoms with Crippen LogP contribution in [0.1, 0.15) is 61.0 Å². The van der Waals surface area contributed by atoms with Gasteiger partial charge in [0, 0.05) is 0 Å². The Morgan fingerprint density at radius 1 is 0.923 bits per heavy atom. The zero-order chi connectivity index (χ0) is 17.8. The van der Waals surface area contributed by atoms with Crippen LogP contribution in [-0.4, -0.2) is 0 Å². The largest absolute Gasteiger partial charge is 0.0988 e. The average Bonchev–Trinajstić information content (AvgIpc) is 2.67. The van der Waals surface area contributed by atoms with Gasteiger partial charge in [0.2, 0.25) is 0 Å². The summed E-state index contributed by atoms with van der Waals surface area (Å²) in [5, 5.41) is 0. The van der Waals surface area contributed by atoms with Gasteiger partial charge in [-0.15, -0.1) is 0 Å². The number of benzene rings is 1. The van der Waals surface area contributed by atoms with Gasteiger partial charge >= 0.3 is 0 Å². The normalized spacial score (nSPS) is 14.2. The van der Waals surface area contributed by atoms with Crippen molar-refractivity contribution in [3.8, 4) is 0 Å². The van der Waals surface area contributed by atoms with Crippen LogP contribution in [0.4, 0.5) is 0 Å². The van der Waals surface area contributed by atoms with E-state index in [1.807, 2.05) is 19.9 Å². The fraction of sp³-hybridized carbons (Fsp3) is 0.308. The molecule has 1 aliphatic carbocycles. The summed E-state index contributed by atoms with van der Waals surface area (Å²) in [5.41, 5.74) is 6.27. The van der Waals surface area contributed by atoms with Crippen LogP contribution in [0.3, 0.4) is 0 Å². The van der Waals surface area contributed by atoms with E-state index in [0.29, 0.717) is 0 Å². The molecule has 142 valence electrons. The highest BCUT2D eigenvalue weighted by atomic mass is 14.1. The number of allylic oxidation sites excluding steroid dienone is 11. The molecular weight excluding hydrogens is 312 g/mol. The Bertz CT molecular complexity index is 661. The fourth-order valence-electron chi connectivity index (χ4n) is 2.37. The summed E-state index contributed by atoms with van der Waals surface area (Å²) in [6, 6.07) is 10.6.